The zero-order valence-electron chi connectivity index (χ0n) is 14.2. The fourth-order valence-corrected chi connectivity index (χ4v) is 5.94. The molecule has 2 saturated carbocycles. The molecule has 7 unspecified atom stereocenters. The van der Waals surface area contributed by atoms with Crippen molar-refractivity contribution in [3.8, 4) is 5.75 Å². The van der Waals surface area contributed by atoms with E-state index in [0.29, 0.717) is 0 Å². The SMILES string of the molecule is CC1CC(=O)C2C(O)(C1)CC(O)C13OC21C(=O)c1cccc(O)c1C3O. The summed E-state index contributed by atoms with van der Waals surface area (Å²) < 4.78 is 5.79. The predicted octanol–water partition coefficient (Wildman–Crippen LogP) is 0.241. The first-order valence-corrected chi connectivity index (χ1v) is 8.87. The van der Waals surface area contributed by atoms with Crippen LogP contribution in [0.2, 0.25) is 0 Å². The van der Waals surface area contributed by atoms with Gasteiger partial charge in [-0.05, 0) is 18.4 Å². The summed E-state index contributed by atoms with van der Waals surface area (Å²) in [5.41, 5.74) is -4.97. The van der Waals surface area contributed by atoms with E-state index in [0.717, 1.165) is 0 Å². The first kappa shape index (κ1) is 16.4. The third-order valence-electron chi connectivity index (χ3n) is 6.77. The van der Waals surface area contributed by atoms with Crippen LogP contribution in [0.25, 0.3) is 0 Å². The largest absolute Gasteiger partial charge is 0.508 e. The lowest BCUT2D eigenvalue weighted by molar-refractivity contribution is -0.162. The quantitative estimate of drug-likeness (QED) is 0.488. The van der Waals surface area contributed by atoms with Crippen LogP contribution in [0.15, 0.2) is 18.2 Å². The van der Waals surface area contributed by atoms with Crippen LogP contribution in [-0.2, 0) is 9.53 Å². The highest BCUT2D eigenvalue weighted by Gasteiger charge is 2.90. The standard InChI is InChI=1S/C19H20O7/c1-8-5-11(21)14-17(25,6-8)7-12(22)18-16(24)13-9(3-2-4-10(13)20)15(23)19(14,18)26-18/h2-4,8,12,14,16,20,22,24-25H,5-7H2,1H3. The average molecular weight is 360 g/mol. The highest BCUT2D eigenvalue weighted by Crippen LogP contribution is 2.72. The summed E-state index contributed by atoms with van der Waals surface area (Å²) >= 11 is 0. The number of epoxide rings is 1. The first-order valence-electron chi connectivity index (χ1n) is 8.87. The zero-order chi connectivity index (χ0) is 18.6. The third-order valence-corrected chi connectivity index (χ3v) is 6.77. The van der Waals surface area contributed by atoms with Gasteiger partial charge in [0, 0.05) is 24.0 Å². The molecule has 1 heterocycles. The smallest absolute Gasteiger partial charge is 0.199 e. The van der Waals surface area contributed by atoms with Gasteiger partial charge in [0.2, 0.25) is 0 Å². The van der Waals surface area contributed by atoms with Gasteiger partial charge in [-0.25, -0.2) is 0 Å². The van der Waals surface area contributed by atoms with Crippen molar-refractivity contribution in [1.29, 1.82) is 0 Å². The van der Waals surface area contributed by atoms with E-state index in [9.17, 15) is 30.0 Å². The minimum atomic E-state index is -1.78. The Hall–Kier alpha value is -1.80. The van der Waals surface area contributed by atoms with E-state index in [1.165, 1.54) is 18.2 Å². The Labute approximate surface area is 149 Å². The van der Waals surface area contributed by atoms with Crippen molar-refractivity contribution in [2.45, 2.75) is 55.2 Å². The second-order valence-corrected chi connectivity index (χ2v) is 8.34. The van der Waals surface area contributed by atoms with Crippen molar-refractivity contribution < 1.29 is 34.8 Å². The van der Waals surface area contributed by atoms with Crippen LogP contribution in [0.1, 0.15) is 48.2 Å². The van der Waals surface area contributed by atoms with E-state index in [2.05, 4.69) is 0 Å². The molecular weight excluding hydrogens is 340 g/mol. The average Bonchev–Trinajstić information content (AvgIpc) is 3.24. The second kappa shape index (κ2) is 4.54. The van der Waals surface area contributed by atoms with Crippen molar-refractivity contribution in [2.24, 2.45) is 11.8 Å². The first-order chi connectivity index (χ1) is 12.2. The van der Waals surface area contributed by atoms with Gasteiger partial charge in [0.05, 0.1) is 17.6 Å². The lowest BCUT2D eigenvalue weighted by atomic mass is 9.51. The molecule has 1 saturated heterocycles. The molecule has 1 aliphatic heterocycles. The number of rotatable bonds is 0. The van der Waals surface area contributed by atoms with Gasteiger partial charge in [0.25, 0.3) is 0 Å². The van der Waals surface area contributed by atoms with E-state index in [1.807, 2.05) is 6.92 Å². The molecule has 4 aliphatic rings. The number of ketones is 2. The maximum atomic E-state index is 13.4. The molecule has 0 aromatic heterocycles. The van der Waals surface area contributed by atoms with Gasteiger partial charge in [-0.15, -0.1) is 0 Å². The Balaban J connectivity index is 1.76. The fraction of sp³-hybridized carbons (Fsp3) is 0.579. The van der Waals surface area contributed by atoms with Crippen molar-refractivity contribution in [2.75, 3.05) is 0 Å². The highest BCUT2D eigenvalue weighted by atomic mass is 16.7. The van der Waals surface area contributed by atoms with E-state index in [1.54, 1.807) is 0 Å². The predicted molar refractivity (Wildman–Crippen MR) is 86.4 cm³/mol. The molecule has 1 aromatic carbocycles. The molecule has 138 valence electrons. The monoisotopic (exact) mass is 360 g/mol. The summed E-state index contributed by atoms with van der Waals surface area (Å²) in [6.07, 6.45) is -2.49. The lowest BCUT2D eigenvalue weighted by Crippen LogP contribution is -2.68. The molecule has 0 bridgehead atoms. The summed E-state index contributed by atoms with van der Waals surface area (Å²) in [6, 6.07) is 4.28. The Morgan fingerprint density at radius 2 is 1.92 bits per heavy atom. The maximum absolute atomic E-state index is 13.4. The second-order valence-electron chi connectivity index (χ2n) is 8.34. The molecule has 3 aliphatic carbocycles. The number of aromatic hydroxyl groups is 1. The van der Waals surface area contributed by atoms with E-state index >= 15 is 0 Å². The molecule has 0 amide bonds. The van der Waals surface area contributed by atoms with E-state index < -0.39 is 40.7 Å². The maximum Gasteiger partial charge on any atom is 0.199 e. The van der Waals surface area contributed by atoms with E-state index in [-0.39, 0.29) is 47.8 Å². The molecule has 26 heavy (non-hydrogen) atoms. The lowest BCUT2D eigenvalue weighted by Gasteiger charge is -2.51. The number of fused-ring (bicyclic) bond motifs is 2. The molecule has 7 heteroatoms. The number of benzene rings is 1. The van der Waals surface area contributed by atoms with Gasteiger partial charge in [-0.2, -0.15) is 0 Å². The molecular formula is C19H20O7. The number of Topliss-reactive ketones (excluding diaryl/α,β-unsaturated/α-hetero) is 2. The van der Waals surface area contributed by atoms with Crippen LogP contribution in [0.3, 0.4) is 0 Å². The van der Waals surface area contributed by atoms with Crippen LogP contribution in [0.5, 0.6) is 5.75 Å². The summed E-state index contributed by atoms with van der Waals surface area (Å²) in [5.74, 6) is -2.33. The number of aliphatic hydroxyl groups excluding tert-OH is 2. The van der Waals surface area contributed by atoms with Gasteiger partial charge in [0.15, 0.2) is 17.0 Å². The van der Waals surface area contributed by atoms with Crippen molar-refractivity contribution in [3.63, 3.8) is 0 Å². The molecule has 7 nitrogen and oxygen atoms in total. The summed E-state index contributed by atoms with van der Waals surface area (Å²) in [4.78, 5) is 26.2. The molecule has 3 fully saturated rings. The molecule has 5 rings (SSSR count). The zero-order valence-corrected chi connectivity index (χ0v) is 14.2. The van der Waals surface area contributed by atoms with Gasteiger partial charge >= 0.3 is 0 Å². The van der Waals surface area contributed by atoms with Gasteiger partial charge in [-0.3, -0.25) is 9.59 Å². The summed E-state index contributed by atoms with van der Waals surface area (Å²) in [5, 5.41) is 43.1. The molecule has 7 atom stereocenters. The number of carbonyl (C=O) groups is 2. The fourth-order valence-electron chi connectivity index (χ4n) is 5.94. The van der Waals surface area contributed by atoms with Gasteiger partial charge < -0.3 is 25.2 Å². The number of aliphatic hydroxyl groups is 3. The van der Waals surface area contributed by atoms with Crippen molar-refractivity contribution in [3.05, 3.63) is 29.3 Å². The highest BCUT2D eigenvalue weighted by molar-refractivity contribution is 6.12. The minimum Gasteiger partial charge on any atom is -0.508 e. The number of carbonyl (C=O) groups excluding carboxylic acids is 2. The number of phenolic OH excluding ortho intramolecular Hbond substituents is 1. The Bertz CT molecular complexity index is 865. The third kappa shape index (κ3) is 1.51. The topological polar surface area (TPSA) is 128 Å². The number of hydrogen-bond acceptors (Lipinski definition) is 7. The van der Waals surface area contributed by atoms with Crippen LogP contribution in [0, 0.1) is 11.8 Å². The number of phenols is 1. The minimum absolute atomic E-state index is 0.00624. The molecule has 0 spiro atoms. The van der Waals surface area contributed by atoms with Crippen LogP contribution >= 0.6 is 0 Å². The normalized spacial score (nSPS) is 48.9. The summed E-state index contributed by atoms with van der Waals surface area (Å²) in [6.45, 7) is 1.84. The van der Waals surface area contributed by atoms with Crippen LogP contribution in [-0.4, -0.2) is 54.9 Å². The Kier molecular flexibility index (Phi) is 2.86. The van der Waals surface area contributed by atoms with Crippen LogP contribution in [0.4, 0.5) is 0 Å². The van der Waals surface area contributed by atoms with Crippen molar-refractivity contribution >= 4 is 11.6 Å². The number of ether oxygens (including phenoxy) is 1. The van der Waals surface area contributed by atoms with Gasteiger partial charge in [0.1, 0.15) is 17.6 Å². The van der Waals surface area contributed by atoms with Gasteiger partial charge in [-0.1, -0.05) is 19.1 Å². The van der Waals surface area contributed by atoms with E-state index in [4.69, 9.17) is 4.74 Å². The van der Waals surface area contributed by atoms with Crippen molar-refractivity contribution in [1.82, 2.24) is 0 Å². The Morgan fingerprint density at radius 3 is 2.65 bits per heavy atom. The Morgan fingerprint density at radius 1 is 1.19 bits per heavy atom. The molecule has 0 radical (unpaired) electrons. The number of hydrogen-bond donors (Lipinski definition) is 4. The summed E-state index contributed by atoms with van der Waals surface area (Å²) in [7, 11) is 0. The molecule has 1 aromatic rings. The molecule has 4 N–H and O–H groups in total. The van der Waals surface area contributed by atoms with Crippen LogP contribution < -0.4 is 0 Å².